The van der Waals surface area contributed by atoms with Gasteiger partial charge < -0.3 is 0 Å². The fraction of sp³-hybridized carbons (Fsp3) is 0.800. The lowest BCUT2D eigenvalue weighted by molar-refractivity contribution is -0.160. The van der Waals surface area contributed by atoms with Gasteiger partial charge >= 0.3 is 0 Å². The highest BCUT2D eigenvalue weighted by Gasteiger charge is 2.26. The predicted octanol–water partition coefficient (Wildman–Crippen LogP) is 1.77. The maximum Gasteiger partial charge on any atom is 0.252 e. The van der Waals surface area contributed by atoms with Crippen LogP contribution in [0.3, 0.4) is 0 Å². The molecule has 1 aliphatic rings. The first-order chi connectivity index (χ1) is 7.70. The van der Waals surface area contributed by atoms with Crippen LogP contribution in [0.4, 0.5) is 0 Å². The number of hydrazine groups is 1. The molecule has 0 N–H and O–H groups in total. The number of carbonyl (C=O) groups is 2. The Kier molecular flexibility index (Phi) is 6.05. The molecule has 1 saturated heterocycles. The van der Waals surface area contributed by atoms with Gasteiger partial charge in [0.15, 0.2) is 0 Å². The van der Waals surface area contributed by atoms with Crippen LogP contribution in [0.25, 0.3) is 0 Å². The van der Waals surface area contributed by atoms with Crippen molar-refractivity contribution in [3.8, 4) is 0 Å². The van der Waals surface area contributed by atoms with Gasteiger partial charge in [0.2, 0.25) is 0 Å². The van der Waals surface area contributed by atoms with Gasteiger partial charge in [-0.05, 0) is 13.3 Å². The van der Waals surface area contributed by atoms with Crippen molar-refractivity contribution < 1.29 is 9.59 Å². The average molecular weight is 262 g/mol. The molecule has 0 aromatic carbocycles. The summed E-state index contributed by atoms with van der Waals surface area (Å²) >= 11 is 0. The van der Waals surface area contributed by atoms with E-state index >= 15 is 0 Å². The third-order valence-electron chi connectivity index (χ3n) is 2.34. The summed E-state index contributed by atoms with van der Waals surface area (Å²) < 4.78 is 0. The molecule has 0 saturated carbocycles. The Labute approximate surface area is 104 Å². The summed E-state index contributed by atoms with van der Waals surface area (Å²) in [6.45, 7) is 5.21. The first-order valence-electron chi connectivity index (χ1n) is 5.55. The average Bonchev–Trinajstić information content (AvgIpc) is 2.27. The highest BCUT2D eigenvalue weighted by molar-refractivity contribution is 8.77. The van der Waals surface area contributed by atoms with E-state index in [1.807, 2.05) is 6.92 Å². The van der Waals surface area contributed by atoms with Gasteiger partial charge in [-0.15, -0.1) is 0 Å². The van der Waals surface area contributed by atoms with Crippen LogP contribution in [0, 0.1) is 0 Å². The molecule has 0 bridgehead atoms. The number of nitrogens with zero attached hydrogens (tertiary/aromatic N) is 2. The van der Waals surface area contributed by atoms with Gasteiger partial charge in [-0.3, -0.25) is 19.6 Å². The minimum absolute atomic E-state index is 0.0316. The summed E-state index contributed by atoms with van der Waals surface area (Å²) in [4.78, 5) is 23.7. The van der Waals surface area contributed by atoms with E-state index in [4.69, 9.17) is 0 Å². The lowest BCUT2D eigenvalue weighted by Crippen LogP contribution is -2.52. The first-order valence-corrected chi connectivity index (χ1v) is 8.04. The number of hydrogen-bond acceptors (Lipinski definition) is 4. The van der Waals surface area contributed by atoms with Crippen LogP contribution in [0.1, 0.15) is 26.7 Å². The van der Waals surface area contributed by atoms with Crippen molar-refractivity contribution in [1.29, 1.82) is 0 Å². The van der Waals surface area contributed by atoms with Gasteiger partial charge in [-0.1, -0.05) is 34.9 Å². The molecule has 0 radical (unpaired) electrons. The van der Waals surface area contributed by atoms with Crippen LogP contribution in [0.5, 0.6) is 0 Å². The second kappa shape index (κ2) is 7.06. The zero-order valence-corrected chi connectivity index (χ0v) is 11.4. The minimum Gasteiger partial charge on any atom is -0.272 e. The summed E-state index contributed by atoms with van der Waals surface area (Å²) in [6.07, 6.45) is 1.96. The lowest BCUT2D eigenvalue weighted by Gasteiger charge is -2.35. The normalized spacial score (nSPS) is 18.6. The number of carbonyl (C=O) groups excluding carboxylic acids is 2. The molecular weight excluding hydrogens is 244 g/mol. The zero-order chi connectivity index (χ0) is 12.0. The van der Waals surface area contributed by atoms with Gasteiger partial charge in [-0.25, -0.2) is 0 Å². The molecule has 16 heavy (non-hydrogen) atoms. The van der Waals surface area contributed by atoms with E-state index < -0.39 is 0 Å². The fourth-order valence-corrected chi connectivity index (χ4v) is 3.27. The van der Waals surface area contributed by atoms with E-state index in [-0.39, 0.29) is 11.8 Å². The second-order valence-electron chi connectivity index (χ2n) is 3.50. The largest absolute Gasteiger partial charge is 0.272 e. The molecule has 1 fully saturated rings. The maximum absolute atomic E-state index is 11.9. The number of amides is 2. The van der Waals surface area contributed by atoms with E-state index in [9.17, 15) is 9.59 Å². The molecule has 0 aromatic rings. The Morgan fingerprint density at radius 2 is 1.62 bits per heavy atom. The summed E-state index contributed by atoms with van der Waals surface area (Å²) in [6, 6.07) is 0. The Hall–Kier alpha value is -0.360. The summed E-state index contributed by atoms with van der Waals surface area (Å²) in [7, 11) is 2.93. The quantitative estimate of drug-likeness (QED) is 0.724. The Morgan fingerprint density at radius 3 is 2.12 bits per heavy atom. The summed E-state index contributed by atoms with van der Waals surface area (Å²) in [5.74, 6) is 0.983. The third-order valence-corrected chi connectivity index (χ3v) is 4.44. The highest BCUT2D eigenvalue weighted by atomic mass is 33.1. The van der Waals surface area contributed by atoms with Gasteiger partial charge in [0.1, 0.15) is 0 Å². The summed E-state index contributed by atoms with van der Waals surface area (Å²) in [5.41, 5.74) is 0. The van der Waals surface area contributed by atoms with Crippen LogP contribution in [0.15, 0.2) is 0 Å². The zero-order valence-electron chi connectivity index (χ0n) is 9.77. The molecule has 4 nitrogen and oxygen atoms in total. The SMILES string of the molecule is CCCCN1C(=O)CSSCC(=O)N1CC. The van der Waals surface area contributed by atoms with Crippen LogP contribution in [-0.4, -0.2) is 46.4 Å². The minimum atomic E-state index is 0.0316. The van der Waals surface area contributed by atoms with Crippen LogP contribution >= 0.6 is 21.6 Å². The molecule has 6 heteroatoms. The molecule has 1 heterocycles. The molecule has 0 unspecified atom stereocenters. The van der Waals surface area contributed by atoms with Gasteiger partial charge in [-0.2, -0.15) is 0 Å². The predicted molar refractivity (Wildman–Crippen MR) is 68.9 cm³/mol. The van der Waals surface area contributed by atoms with Crippen LogP contribution < -0.4 is 0 Å². The standard InChI is InChI=1S/C10H18N2O2S2/c1-3-5-6-12-10(14)8-16-15-7-9(13)11(12)4-2/h3-8H2,1-2H3. The van der Waals surface area contributed by atoms with Crippen LogP contribution in [0.2, 0.25) is 0 Å². The molecule has 0 atom stereocenters. The lowest BCUT2D eigenvalue weighted by atomic mass is 10.3. The van der Waals surface area contributed by atoms with E-state index in [1.54, 1.807) is 10.0 Å². The monoisotopic (exact) mass is 262 g/mol. The first kappa shape index (κ1) is 13.7. The Morgan fingerprint density at radius 1 is 1.06 bits per heavy atom. The van der Waals surface area contributed by atoms with Crippen molar-refractivity contribution in [3.05, 3.63) is 0 Å². The van der Waals surface area contributed by atoms with Crippen molar-refractivity contribution in [3.63, 3.8) is 0 Å². The number of rotatable bonds is 4. The van der Waals surface area contributed by atoms with Gasteiger partial charge in [0.05, 0.1) is 11.5 Å². The Bertz CT molecular complexity index is 261. The van der Waals surface area contributed by atoms with E-state index in [1.165, 1.54) is 21.6 Å². The molecule has 92 valence electrons. The smallest absolute Gasteiger partial charge is 0.252 e. The second-order valence-corrected chi connectivity index (χ2v) is 5.97. The van der Waals surface area contributed by atoms with Crippen molar-refractivity contribution in [2.24, 2.45) is 0 Å². The molecular formula is C10H18N2O2S2. The maximum atomic E-state index is 11.9. The van der Waals surface area contributed by atoms with Gasteiger partial charge in [0.25, 0.3) is 11.8 Å². The third kappa shape index (κ3) is 3.59. The van der Waals surface area contributed by atoms with Crippen molar-refractivity contribution >= 4 is 33.4 Å². The molecule has 0 spiro atoms. The molecule has 1 aliphatic heterocycles. The topological polar surface area (TPSA) is 40.6 Å². The Balaban J connectivity index is 2.74. The number of unbranched alkanes of at least 4 members (excludes halogenated alkanes) is 1. The van der Waals surface area contributed by atoms with Crippen molar-refractivity contribution in [2.75, 3.05) is 24.6 Å². The van der Waals surface area contributed by atoms with Crippen molar-refractivity contribution in [2.45, 2.75) is 26.7 Å². The van der Waals surface area contributed by atoms with Crippen LogP contribution in [-0.2, 0) is 9.59 Å². The van der Waals surface area contributed by atoms with Crippen molar-refractivity contribution in [1.82, 2.24) is 10.0 Å². The molecule has 0 aromatic heterocycles. The number of hydrogen-bond donors (Lipinski definition) is 0. The highest BCUT2D eigenvalue weighted by Crippen LogP contribution is 2.25. The fourth-order valence-electron chi connectivity index (χ4n) is 1.50. The van der Waals surface area contributed by atoms with E-state index in [0.717, 1.165) is 12.8 Å². The molecule has 2 amide bonds. The molecule has 0 aliphatic carbocycles. The van der Waals surface area contributed by atoms with Gasteiger partial charge in [0, 0.05) is 13.1 Å². The van der Waals surface area contributed by atoms with E-state index in [0.29, 0.717) is 24.6 Å². The molecule has 1 rings (SSSR count). The van der Waals surface area contributed by atoms with E-state index in [2.05, 4.69) is 6.92 Å². The summed E-state index contributed by atoms with van der Waals surface area (Å²) in [5, 5.41) is 3.21.